The average Bonchev–Trinajstić information content (AvgIpc) is 2.07. The van der Waals surface area contributed by atoms with Crippen LogP contribution in [0.4, 0.5) is 14.6 Å². The SMILES string of the molecule is COc1c(O)cnc(N)c1C(F)F. The van der Waals surface area contributed by atoms with Gasteiger partial charge in [-0.3, -0.25) is 0 Å². The van der Waals surface area contributed by atoms with Crippen LogP contribution in [-0.4, -0.2) is 17.2 Å². The number of anilines is 1. The molecule has 1 rings (SSSR count). The van der Waals surface area contributed by atoms with Crippen molar-refractivity contribution in [2.75, 3.05) is 12.8 Å². The van der Waals surface area contributed by atoms with Crippen molar-refractivity contribution in [3.05, 3.63) is 11.8 Å². The van der Waals surface area contributed by atoms with Gasteiger partial charge in [-0.2, -0.15) is 0 Å². The summed E-state index contributed by atoms with van der Waals surface area (Å²) in [6.07, 6.45) is -1.87. The molecule has 72 valence electrons. The summed E-state index contributed by atoms with van der Waals surface area (Å²) in [5.74, 6) is -1.13. The monoisotopic (exact) mass is 190 g/mol. The molecule has 1 aromatic rings. The summed E-state index contributed by atoms with van der Waals surface area (Å²) in [6, 6.07) is 0. The number of methoxy groups -OCH3 is 1. The fourth-order valence-corrected chi connectivity index (χ4v) is 0.939. The highest BCUT2D eigenvalue weighted by atomic mass is 19.3. The molecule has 0 aliphatic heterocycles. The van der Waals surface area contributed by atoms with Crippen molar-refractivity contribution in [2.24, 2.45) is 0 Å². The van der Waals surface area contributed by atoms with Crippen LogP contribution in [0, 0.1) is 0 Å². The van der Waals surface area contributed by atoms with Crippen LogP contribution in [0.2, 0.25) is 0 Å². The van der Waals surface area contributed by atoms with Gasteiger partial charge in [0.2, 0.25) is 0 Å². The molecule has 0 bridgehead atoms. The van der Waals surface area contributed by atoms with E-state index in [2.05, 4.69) is 9.72 Å². The molecule has 6 heteroatoms. The molecule has 4 nitrogen and oxygen atoms in total. The van der Waals surface area contributed by atoms with Gasteiger partial charge in [-0.1, -0.05) is 0 Å². The number of aromatic nitrogens is 1. The summed E-state index contributed by atoms with van der Waals surface area (Å²) in [5, 5.41) is 9.09. The molecule has 0 aromatic carbocycles. The molecule has 0 fully saturated rings. The zero-order valence-electron chi connectivity index (χ0n) is 6.79. The predicted octanol–water partition coefficient (Wildman–Crippen LogP) is 1.32. The number of pyridine rings is 1. The molecule has 0 saturated carbocycles. The van der Waals surface area contributed by atoms with Gasteiger partial charge in [0.15, 0.2) is 11.5 Å². The van der Waals surface area contributed by atoms with Gasteiger partial charge in [-0.05, 0) is 0 Å². The summed E-state index contributed by atoms with van der Waals surface area (Å²) in [4.78, 5) is 3.38. The van der Waals surface area contributed by atoms with E-state index in [0.717, 1.165) is 6.20 Å². The molecule has 1 aromatic heterocycles. The van der Waals surface area contributed by atoms with Gasteiger partial charge in [0, 0.05) is 0 Å². The van der Waals surface area contributed by atoms with Crippen LogP contribution in [0.3, 0.4) is 0 Å². The minimum Gasteiger partial charge on any atom is -0.503 e. The van der Waals surface area contributed by atoms with E-state index in [1.54, 1.807) is 0 Å². The van der Waals surface area contributed by atoms with E-state index in [0.29, 0.717) is 0 Å². The van der Waals surface area contributed by atoms with Crippen LogP contribution in [0.25, 0.3) is 0 Å². The first-order valence-electron chi connectivity index (χ1n) is 3.37. The number of hydrogen-bond acceptors (Lipinski definition) is 4. The number of rotatable bonds is 2. The maximum absolute atomic E-state index is 12.3. The van der Waals surface area contributed by atoms with Crippen LogP contribution in [-0.2, 0) is 0 Å². The number of nitrogens with two attached hydrogens (primary N) is 1. The Morgan fingerprint density at radius 2 is 2.23 bits per heavy atom. The zero-order chi connectivity index (χ0) is 10.0. The van der Waals surface area contributed by atoms with Crippen LogP contribution in [0.1, 0.15) is 12.0 Å². The second kappa shape index (κ2) is 3.42. The van der Waals surface area contributed by atoms with Crippen molar-refractivity contribution >= 4 is 5.82 Å². The van der Waals surface area contributed by atoms with Crippen molar-refractivity contribution < 1.29 is 18.6 Å². The van der Waals surface area contributed by atoms with Crippen LogP contribution in [0.5, 0.6) is 11.5 Å². The van der Waals surface area contributed by atoms with Crippen molar-refractivity contribution in [2.45, 2.75) is 6.43 Å². The number of aromatic hydroxyl groups is 1. The Bertz CT molecular complexity index is 318. The van der Waals surface area contributed by atoms with E-state index in [-0.39, 0.29) is 11.6 Å². The molecule has 0 atom stereocenters. The summed E-state index contributed by atoms with van der Waals surface area (Å²) in [7, 11) is 1.17. The third-order valence-electron chi connectivity index (χ3n) is 1.50. The molecule has 13 heavy (non-hydrogen) atoms. The first kappa shape index (κ1) is 9.50. The highest BCUT2D eigenvalue weighted by Gasteiger charge is 2.21. The Morgan fingerprint density at radius 3 is 2.62 bits per heavy atom. The smallest absolute Gasteiger partial charge is 0.271 e. The largest absolute Gasteiger partial charge is 0.503 e. The molecule has 0 aliphatic carbocycles. The van der Waals surface area contributed by atoms with Gasteiger partial charge in [0.1, 0.15) is 11.4 Å². The molecule has 0 amide bonds. The lowest BCUT2D eigenvalue weighted by Crippen LogP contribution is -2.01. The summed E-state index contributed by atoms with van der Waals surface area (Å²) >= 11 is 0. The van der Waals surface area contributed by atoms with E-state index >= 15 is 0 Å². The quantitative estimate of drug-likeness (QED) is 0.737. The number of alkyl halides is 2. The fraction of sp³-hybridized carbons (Fsp3) is 0.286. The molecular weight excluding hydrogens is 182 g/mol. The Morgan fingerprint density at radius 1 is 1.62 bits per heavy atom. The van der Waals surface area contributed by atoms with Gasteiger partial charge in [-0.25, -0.2) is 13.8 Å². The average molecular weight is 190 g/mol. The number of nitrogen functional groups attached to an aromatic ring is 1. The lowest BCUT2D eigenvalue weighted by molar-refractivity contribution is 0.146. The normalized spacial score (nSPS) is 10.5. The lowest BCUT2D eigenvalue weighted by atomic mass is 10.2. The second-order valence-corrected chi connectivity index (χ2v) is 2.28. The molecule has 0 unspecified atom stereocenters. The second-order valence-electron chi connectivity index (χ2n) is 2.28. The highest BCUT2D eigenvalue weighted by Crippen LogP contribution is 2.38. The minimum atomic E-state index is -2.82. The number of hydrogen-bond donors (Lipinski definition) is 2. The molecular formula is C7H8F2N2O2. The van der Waals surface area contributed by atoms with E-state index in [4.69, 9.17) is 10.8 Å². The number of halogens is 2. The van der Waals surface area contributed by atoms with Crippen molar-refractivity contribution in [3.8, 4) is 11.5 Å². The Kier molecular flexibility index (Phi) is 2.50. The van der Waals surface area contributed by atoms with Gasteiger partial charge in [-0.15, -0.1) is 0 Å². The van der Waals surface area contributed by atoms with Crippen molar-refractivity contribution in [1.29, 1.82) is 0 Å². The summed E-state index contributed by atoms with van der Waals surface area (Å²) in [5.41, 5.74) is 4.60. The van der Waals surface area contributed by atoms with Crippen LogP contribution < -0.4 is 10.5 Å². The zero-order valence-corrected chi connectivity index (χ0v) is 6.79. The molecule has 1 heterocycles. The number of ether oxygens (including phenoxy) is 1. The molecule has 0 saturated heterocycles. The van der Waals surface area contributed by atoms with Gasteiger partial charge >= 0.3 is 0 Å². The van der Waals surface area contributed by atoms with Gasteiger partial charge in [0.25, 0.3) is 6.43 Å². The summed E-state index contributed by atoms with van der Waals surface area (Å²) < 4.78 is 29.3. The predicted molar refractivity (Wildman–Crippen MR) is 41.8 cm³/mol. The third-order valence-corrected chi connectivity index (χ3v) is 1.50. The maximum Gasteiger partial charge on any atom is 0.271 e. The van der Waals surface area contributed by atoms with Gasteiger partial charge < -0.3 is 15.6 Å². The Balaban J connectivity index is 3.35. The molecule has 3 N–H and O–H groups in total. The summed E-state index contributed by atoms with van der Waals surface area (Å²) in [6.45, 7) is 0. The fourth-order valence-electron chi connectivity index (χ4n) is 0.939. The standard InChI is InChI=1S/C7H8F2N2O2/c1-13-5-3(12)2-11-7(10)4(5)6(8)9/h2,6,12H,1H3,(H2,10,11). The number of nitrogens with zero attached hydrogens (tertiary/aromatic N) is 1. The van der Waals surface area contributed by atoms with Gasteiger partial charge in [0.05, 0.1) is 13.3 Å². The Labute approximate surface area is 73.0 Å². The minimum absolute atomic E-state index is 0.331. The molecule has 0 spiro atoms. The topological polar surface area (TPSA) is 68.4 Å². The maximum atomic E-state index is 12.3. The third kappa shape index (κ3) is 1.61. The molecule has 0 aliphatic rings. The first-order valence-corrected chi connectivity index (χ1v) is 3.37. The van der Waals surface area contributed by atoms with E-state index < -0.39 is 17.7 Å². The van der Waals surface area contributed by atoms with Crippen LogP contribution in [0.15, 0.2) is 6.20 Å². The van der Waals surface area contributed by atoms with Crippen molar-refractivity contribution in [1.82, 2.24) is 4.98 Å². The van der Waals surface area contributed by atoms with E-state index in [1.165, 1.54) is 7.11 Å². The van der Waals surface area contributed by atoms with E-state index in [1.807, 2.05) is 0 Å². The van der Waals surface area contributed by atoms with Crippen LogP contribution >= 0.6 is 0 Å². The Hall–Kier alpha value is -1.59. The van der Waals surface area contributed by atoms with Crippen molar-refractivity contribution in [3.63, 3.8) is 0 Å². The first-order chi connectivity index (χ1) is 6.07. The lowest BCUT2D eigenvalue weighted by Gasteiger charge is -2.10. The molecule has 0 radical (unpaired) electrons. The van der Waals surface area contributed by atoms with E-state index in [9.17, 15) is 8.78 Å². The highest BCUT2D eigenvalue weighted by molar-refractivity contribution is 5.55.